The van der Waals surface area contributed by atoms with Crippen molar-refractivity contribution >= 4 is 16.7 Å². The van der Waals surface area contributed by atoms with Crippen molar-refractivity contribution < 1.29 is 4.74 Å². The Morgan fingerprint density at radius 1 is 0.943 bits per heavy atom. The minimum atomic E-state index is 0.195. The van der Waals surface area contributed by atoms with Gasteiger partial charge in [-0.05, 0) is 54.1 Å². The maximum Gasteiger partial charge on any atom is 0.168 e. The zero-order valence-corrected chi connectivity index (χ0v) is 19.4. The molecule has 0 saturated carbocycles. The quantitative estimate of drug-likeness (QED) is 0.409. The number of aromatic nitrogens is 5. The highest BCUT2D eigenvalue weighted by atomic mass is 16.5. The van der Waals surface area contributed by atoms with Crippen molar-refractivity contribution in [3.8, 4) is 28.1 Å². The molecule has 2 N–H and O–H groups in total. The third-order valence-electron chi connectivity index (χ3n) is 6.15. The van der Waals surface area contributed by atoms with Gasteiger partial charge in [-0.1, -0.05) is 12.1 Å². The van der Waals surface area contributed by atoms with Crippen LogP contribution in [0.3, 0.4) is 0 Å². The zero-order valence-electron chi connectivity index (χ0n) is 19.4. The average Bonchev–Trinajstić information content (AvgIpc) is 3.27. The Labute approximate surface area is 203 Å². The van der Waals surface area contributed by atoms with E-state index in [1.54, 1.807) is 12.4 Å². The van der Waals surface area contributed by atoms with E-state index >= 15 is 0 Å². The third kappa shape index (κ3) is 4.20. The second kappa shape index (κ2) is 8.81. The fraction of sp³-hybridized carbons (Fsp3) is 0.185. The first-order chi connectivity index (χ1) is 17.1. The Balaban J connectivity index is 1.22. The predicted octanol–water partition coefficient (Wildman–Crippen LogP) is 3.82. The van der Waals surface area contributed by atoms with Crippen molar-refractivity contribution in [3.05, 3.63) is 85.1 Å². The molecule has 8 heteroatoms. The summed E-state index contributed by atoms with van der Waals surface area (Å²) < 4.78 is 7.89. The molecule has 1 fully saturated rings. The molecule has 174 valence electrons. The maximum absolute atomic E-state index is 6.06. The van der Waals surface area contributed by atoms with Gasteiger partial charge in [-0.3, -0.25) is 9.67 Å². The van der Waals surface area contributed by atoms with Crippen molar-refractivity contribution in [2.45, 2.75) is 12.6 Å². The predicted molar refractivity (Wildman–Crippen MR) is 136 cm³/mol. The SMILES string of the molecule is Cn1cc(-c2ccncc2)c(-c2ccc(OCc3nc(N4CC(N)C4)c4ccccc4n3)cc2)n1. The van der Waals surface area contributed by atoms with Crippen LogP contribution in [0.2, 0.25) is 0 Å². The first-order valence-corrected chi connectivity index (χ1v) is 11.6. The van der Waals surface area contributed by atoms with Crippen LogP contribution >= 0.6 is 0 Å². The molecule has 1 aliphatic rings. The van der Waals surface area contributed by atoms with Gasteiger partial charge in [-0.15, -0.1) is 0 Å². The summed E-state index contributed by atoms with van der Waals surface area (Å²) >= 11 is 0. The maximum atomic E-state index is 6.06. The molecule has 1 saturated heterocycles. The van der Waals surface area contributed by atoms with Crippen LogP contribution in [0.5, 0.6) is 5.75 Å². The summed E-state index contributed by atoms with van der Waals surface area (Å²) in [6.07, 6.45) is 5.61. The van der Waals surface area contributed by atoms with Gasteiger partial charge in [-0.25, -0.2) is 9.97 Å². The lowest BCUT2D eigenvalue weighted by molar-refractivity contribution is 0.296. The highest BCUT2D eigenvalue weighted by Gasteiger charge is 2.26. The Morgan fingerprint density at radius 3 is 2.49 bits per heavy atom. The van der Waals surface area contributed by atoms with Crippen LogP contribution in [0.15, 0.2) is 79.3 Å². The van der Waals surface area contributed by atoms with E-state index in [0.29, 0.717) is 5.82 Å². The van der Waals surface area contributed by atoms with Gasteiger partial charge in [0.15, 0.2) is 5.82 Å². The van der Waals surface area contributed by atoms with E-state index in [1.807, 2.05) is 72.5 Å². The number of nitrogens with two attached hydrogens (primary N) is 1. The number of para-hydroxylation sites is 1. The first kappa shape index (κ1) is 21.2. The monoisotopic (exact) mass is 463 g/mol. The van der Waals surface area contributed by atoms with Crippen LogP contribution in [0.1, 0.15) is 5.82 Å². The summed E-state index contributed by atoms with van der Waals surface area (Å²) in [6, 6.07) is 20.2. The van der Waals surface area contributed by atoms with E-state index in [-0.39, 0.29) is 12.6 Å². The summed E-state index contributed by atoms with van der Waals surface area (Å²) in [7, 11) is 1.93. The van der Waals surface area contributed by atoms with E-state index in [2.05, 4.69) is 21.0 Å². The van der Waals surface area contributed by atoms with E-state index in [1.165, 1.54) is 0 Å². The molecule has 0 spiro atoms. The average molecular weight is 464 g/mol. The van der Waals surface area contributed by atoms with Gasteiger partial charge in [0, 0.05) is 61.3 Å². The number of benzene rings is 2. The number of anilines is 1. The summed E-state index contributed by atoms with van der Waals surface area (Å²) in [6.45, 7) is 1.89. The summed E-state index contributed by atoms with van der Waals surface area (Å²) in [5.74, 6) is 2.32. The fourth-order valence-corrected chi connectivity index (χ4v) is 4.40. The molecule has 2 aromatic carbocycles. The topological polar surface area (TPSA) is 95.0 Å². The lowest BCUT2D eigenvalue weighted by Crippen LogP contribution is -2.56. The minimum absolute atomic E-state index is 0.195. The summed E-state index contributed by atoms with van der Waals surface area (Å²) in [4.78, 5) is 15.8. The molecule has 35 heavy (non-hydrogen) atoms. The fourth-order valence-electron chi connectivity index (χ4n) is 4.40. The van der Waals surface area contributed by atoms with Crippen molar-refractivity contribution in [3.63, 3.8) is 0 Å². The van der Waals surface area contributed by atoms with Gasteiger partial charge >= 0.3 is 0 Å². The molecule has 0 amide bonds. The summed E-state index contributed by atoms with van der Waals surface area (Å²) in [5, 5.41) is 5.71. The molecule has 4 heterocycles. The van der Waals surface area contributed by atoms with E-state index in [9.17, 15) is 0 Å². The molecule has 5 aromatic rings. The lowest BCUT2D eigenvalue weighted by Gasteiger charge is -2.38. The second-order valence-corrected chi connectivity index (χ2v) is 8.76. The second-order valence-electron chi connectivity index (χ2n) is 8.76. The number of ether oxygens (including phenoxy) is 1. The Bertz CT molecular complexity index is 1480. The van der Waals surface area contributed by atoms with Crippen molar-refractivity contribution in [1.29, 1.82) is 0 Å². The molecule has 6 rings (SSSR count). The molecular formula is C27H25N7O. The van der Waals surface area contributed by atoms with Crippen LogP contribution in [0.4, 0.5) is 5.82 Å². The molecule has 8 nitrogen and oxygen atoms in total. The standard InChI is InChI=1S/C27H25N7O/c1-33-16-23(18-10-12-29-13-11-18)26(32-33)19-6-8-21(9-7-19)35-17-25-30-24-5-3-2-4-22(24)27(31-25)34-14-20(28)15-34/h2-13,16,20H,14-15,17,28H2,1H3. The molecular weight excluding hydrogens is 438 g/mol. The zero-order chi connectivity index (χ0) is 23.8. The first-order valence-electron chi connectivity index (χ1n) is 11.6. The van der Waals surface area contributed by atoms with Gasteiger partial charge < -0.3 is 15.4 Å². The van der Waals surface area contributed by atoms with Crippen LogP contribution in [0.25, 0.3) is 33.3 Å². The van der Waals surface area contributed by atoms with Gasteiger partial charge in [-0.2, -0.15) is 5.10 Å². The van der Waals surface area contributed by atoms with Crippen molar-refractivity contribution in [2.75, 3.05) is 18.0 Å². The number of hydrogen-bond acceptors (Lipinski definition) is 7. The van der Waals surface area contributed by atoms with Gasteiger partial charge in [0.05, 0.1) is 5.52 Å². The molecule has 3 aromatic heterocycles. The number of rotatable bonds is 6. The van der Waals surface area contributed by atoms with Gasteiger partial charge in [0.25, 0.3) is 0 Å². The number of hydrogen-bond donors (Lipinski definition) is 1. The normalized spacial score (nSPS) is 13.7. The Hall–Kier alpha value is -4.30. The van der Waals surface area contributed by atoms with Crippen molar-refractivity contribution in [2.24, 2.45) is 12.8 Å². The smallest absolute Gasteiger partial charge is 0.168 e. The van der Waals surface area contributed by atoms with E-state index in [0.717, 1.165) is 57.9 Å². The number of fused-ring (bicyclic) bond motifs is 1. The largest absolute Gasteiger partial charge is 0.486 e. The van der Waals surface area contributed by atoms with Crippen LogP contribution in [-0.4, -0.2) is 43.9 Å². The van der Waals surface area contributed by atoms with Crippen LogP contribution in [-0.2, 0) is 13.7 Å². The number of aryl methyl sites for hydroxylation is 1. The molecule has 0 radical (unpaired) electrons. The third-order valence-corrected chi connectivity index (χ3v) is 6.15. The number of nitrogens with zero attached hydrogens (tertiary/aromatic N) is 6. The van der Waals surface area contributed by atoms with Crippen LogP contribution < -0.4 is 15.4 Å². The highest BCUT2D eigenvalue weighted by Crippen LogP contribution is 2.32. The van der Waals surface area contributed by atoms with Crippen LogP contribution in [0, 0.1) is 0 Å². The molecule has 0 unspecified atom stereocenters. The highest BCUT2D eigenvalue weighted by molar-refractivity contribution is 5.90. The summed E-state index contributed by atoms with van der Waals surface area (Å²) in [5.41, 5.74) is 11.0. The van der Waals surface area contributed by atoms with Gasteiger partial charge in [0.1, 0.15) is 23.9 Å². The van der Waals surface area contributed by atoms with E-state index in [4.69, 9.17) is 20.4 Å². The molecule has 0 bridgehead atoms. The van der Waals surface area contributed by atoms with Gasteiger partial charge in [0.2, 0.25) is 0 Å². The lowest BCUT2D eigenvalue weighted by atomic mass is 10.0. The van der Waals surface area contributed by atoms with Crippen molar-refractivity contribution in [1.82, 2.24) is 24.7 Å². The Morgan fingerprint density at radius 2 is 1.71 bits per heavy atom. The molecule has 0 aliphatic carbocycles. The molecule has 1 aliphatic heterocycles. The molecule has 0 atom stereocenters. The minimum Gasteiger partial charge on any atom is -0.486 e. The number of pyridine rings is 1. The Kier molecular flexibility index (Phi) is 5.35. The van der Waals surface area contributed by atoms with E-state index < -0.39 is 0 Å².